The topological polar surface area (TPSA) is 66.7 Å². The fraction of sp³-hybridized carbons (Fsp3) is 0.588. The maximum absolute atomic E-state index is 10.7. The molecule has 0 unspecified atom stereocenters. The Morgan fingerprint density at radius 1 is 1.00 bits per heavy atom. The Morgan fingerprint density at radius 3 is 1.70 bits per heavy atom. The van der Waals surface area contributed by atoms with Crippen molar-refractivity contribution in [2.45, 2.75) is 32.8 Å². The number of benzene rings is 1. The van der Waals surface area contributed by atoms with Gasteiger partial charge in [-0.2, -0.15) is 13.2 Å². The number of alkyl halides is 3. The van der Waals surface area contributed by atoms with Gasteiger partial charge in [0.25, 0.3) is 0 Å². The van der Waals surface area contributed by atoms with Gasteiger partial charge >= 0.3 is 11.5 Å². The molecular formula is C17H28F3N3O3S. The lowest BCUT2D eigenvalue weighted by Gasteiger charge is -2.27. The molecule has 0 aliphatic heterocycles. The second-order valence-corrected chi connectivity index (χ2v) is 7.14. The Kier molecular flexibility index (Phi) is 10.4. The first-order chi connectivity index (χ1) is 12.4. The van der Waals surface area contributed by atoms with E-state index in [1.807, 2.05) is 0 Å². The summed E-state index contributed by atoms with van der Waals surface area (Å²) in [5.74, 6) is 1.30. The van der Waals surface area contributed by atoms with Crippen LogP contribution in [0.3, 0.4) is 0 Å². The first kappa shape index (κ1) is 25.2. The zero-order valence-electron chi connectivity index (χ0n) is 16.3. The van der Waals surface area contributed by atoms with Crippen molar-refractivity contribution in [2.75, 3.05) is 33.7 Å². The predicted octanol–water partition coefficient (Wildman–Crippen LogP) is 2.53. The smallest absolute Gasteiger partial charge is 0.485 e. The second kappa shape index (κ2) is 11.1. The Bertz CT molecular complexity index is 684. The fourth-order valence-electron chi connectivity index (χ4n) is 2.40. The van der Waals surface area contributed by atoms with Crippen LogP contribution in [0.1, 0.15) is 26.3 Å². The van der Waals surface area contributed by atoms with Gasteiger partial charge in [-0.15, -0.1) is 0 Å². The lowest BCUT2D eigenvalue weighted by atomic mass is 10.2. The van der Waals surface area contributed by atoms with E-state index in [1.165, 1.54) is 11.5 Å². The summed E-state index contributed by atoms with van der Waals surface area (Å²) in [6, 6.07) is 10.7. The average molecular weight is 411 g/mol. The first-order valence-corrected chi connectivity index (χ1v) is 9.90. The molecule has 10 heteroatoms. The quantitative estimate of drug-likeness (QED) is 0.245. The molecule has 0 bridgehead atoms. The molecule has 0 N–H and O–H groups in total. The Hall–Kier alpha value is -1.81. The number of hydrogen-bond acceptors (Lipinski definition) is 3. The summed E-state index contributed by atoms with van der Waals surface area (Å²) >= 11 is 0. The van der Waals surface area contributed by atoms with Crippen molar-refractivity contribution in [2.24, 2.45) is 0 Å². The first-order valence-electron chi connectivity index (χ1n) is 8.49. The maximum Gasteiger partial charge on any atom is 0.485 e. The summed E-state index contributed by atoms with van der Waals surface area (Å²) in [4.78, 5) is 4.84. The molecule has 156 valence electrons. The van der Waals surface area contributed by atoms with Crippen molar-refractivity contribution < 1.29 is 30.7 Å². The monoisotopic (exact) mass is 411 g/mol. The van der Waals surface area contributed by atoms with Crippen molar-refractivity contribution in [1.29, 1.82) is 0 Å². The summed E-state index contributed by atoms with van der Waals surface area (Å²) in [6.07, 6.45) is 0. The van der Waals surface area contributed by atoms with Crippen molar-refractivity contribution in [3.63, 3.8) is 0 Å². The van der Waals surface area contributed by atoms with Gasteiger partial charge < -0.3 is 4.55 Å². The van der Waals surface area contributed by atoms with Crippen LogP contribution < -0.4 is 0 Å². The molecule has 0 heterocycles. The van der Waals surface area contributed by atoms with E-state index >= 15 is 0 Å². The number of hydrogen-bond donors (Lipinski definition) is 0. The third-order valence-electron chi connectivity index (χ3n) is 3.61. The van der Waals surface area contributed by atoms with E-state index in [4.69, 9.17) is 13.0 Å². The number of rotatable bonds is 5. The minimum atomic E-state index is -6.09. The van der Waals surface area contributed by atoms with E-state index in [9.17, 15) is 13.2 Å². The van der Waals surface area contributed by atoms with Gasteiger partial charge in [0, 0.05) is 0 Å². The van der Waals surface area contributed by atoms with Gasteiger partial charge in [-0.05, 0) is 26.3 Å². The zero-order chi connectivity index (χ0) is 21.3. The largest absolute Gasteiger partial charge is 0.741 e. The highest BCUT2D eigenvalue weighted by molar-refractivity contribution is 7.86. The SMILES string of the molecule is CCN(CC)C(N(CC)Cc1ccccc1)=[N+](C)C.O=S(=O)([O-])C(F)(F)F. The molecule has 1 aromatic rings. The van der Waals surface area contributed by atoms with Crippen LogP contribution in [0.2, 0.25) is 0 Å². The molecule has 0 aromatic heterocycles. The van der Waals surface area contributed by atoms with Crippen molar-refractivity contribution in [3.8, 4) is 0 Å². The molecule has 0 amide bonds. The van der Waals surface area contributed by atoms with Crippen LogP contribution in [0.15, 0.2) is 30.3 Å². The molecule has 0 fully saturated rings. The third-order valence-corrected chi connectivity index (χ3v) is 4.18. The van der Waals surface area contributed by atoms with E-state index in [1.54, 1.807) is 0 Å². The van der Waals surface area contributed by atoms with Gasteiger partial charge in [-0.1, -0.05) is 30.3 Å². The van der Waals surface area contributed by atoms with Crippen LogP contribution in [0, 0.1) is 0 Å². The molecule has 0 saturated carbocycles. The van der Waals surface area contributed by atoms with Crippen LogP contribution in [0.4, 0.5) is 13.2 Å². The fourth-order valence-corrected chi connectivity index (χ4v) is 2.40. The van der Waals surface area contributed by atoms with Crippen molar-refractivity contribution in [1.82, 2.24) is 9.80 Å². The molecule has 0 aliphatic rings. The Labute approximate surface area is 159 Å². The normalized spacial score (nSPS) is 11.3. The predicted molar refractivity (Wildman–Crippen MR) is 98.3 cm³/mol. The highest BCUT2D eigenvalue weighted by Gasteiger charge is 2.36. The second-order valence-electron chi connectivity index (χ2n) is 5.77. The standard InChI is InChI=1S/C16H28N3.CHF3O3S/c1-6-18(7-2)16(17(4)5)19(8-3)14-15-12-10-9-11-13-15;2-1(3,4)8(5,6)7/h9-13H,6-8,14H2,1-5H3;(H,5,6,7)/q+1;/p-1. The molecule has 0 saturated heterocycles. The van der Waals surface area contributed by atoms with Crippen LogP contribution in [0.5, 0.6) is 0 Å². The lowest BCUT2D eigenvalue weighted by Crippen LogP contribution is -2.48. The van der Waals surface area contributed by atoms with E-state index in [0.717, 1.165) is 26.2 Å². The van der Waals surface area contributed by atoms with Crippen LogP contribution in [-0.4, -0.2) is 72.5 Å². The van der Waals surface area contributed by atoms with Gasteiger partial charge in [0.1, 0.15) is 0 Å². The third kappa shape index (κ3) is 8.61. The summed E-state index contributed by atoms with van der Waals surface area (Å²) in [5, 5.41) is 0. The molecule has 27 heavy (non-hydrogen) atoms. The highest BCUT2D eigenvalue weighted by Crippen LogP contribution is 2.20. The molecule has 0 spiro atoms. The van der Waals surface area contributed by atoms with Gasteiger partial charge in [0.05, 0.1) is 40.3 Å². The number of guanidine groups is 1. The highest BCUT2D eigenvalue weighted by atomic mass is 32.2. The van der Waals surface area contributed by atoms with Crippen molar-refractivity contribution in [3.05, 3.63) is 35.9 Å². The number of halogens is 3. The minimum Gasteiger partial charge on any atom is -0.741 e. The average Bonchev–Trinajstić information content (AvgIpc) is 2.57. The lowest BCUT2D eigenvalue weighted by molar-refractivity contribution is -0.476. The van der Waals surface area contributed by atoms with Crippen LogP contribution in [-0.2, 0) is 16.7 Å². The maximum atomic E-state index is 10.7. The Balaban J connectivity index is 0.000000713. The molecule has 0 radical (unpaired) electrons. The van der Waals surface area contributed by atoms with E-state index in [0.29, 0.717) is 0 Å². The zero-order valence-corrected chi connectivity index (χ0v) is 17.1. The molecular weight excluding hydrogens is 383 g/mol. The Morgan fingerprint density at radius 2 is 1.41 bits per heavy atom. The van der Waals surface area contributed by atoms with E-state index in [2.05, 4.69) is 79.6 Å². The van der Waals surface area contributed by atoms with E-state index in [-0.39, 0.29) is 0 Å². The van der Waals surface area contributed by atoms with Crippen LogP contribution >= 0.6 is 0 Å². The summed E-state index contributed by atoms with van der Waals surface area (Å²) in [7, 11) is -1.84. The molecule has 6 nitrogen and oxygen atoms in total. The molecule has 0 aliphatic carbocycles. The van der Waals surface area contributed by atoms with Crippen LogP contribution in [0.25, 0.3) is 0 Å². The molecule has 0 atom stereocenters. The van der Waals surface area contributed by atoms with Gasteiger partial charge in [-0.25, -0.2) is 8.42 Å². The minimum absolute atomic E-state index is 0.960. The van der Waals surface area contributed by atoms with Crippen molar-refractivity contribution >= 4 is 16.1 Å². The van der Waals surface area contributed by atoms with E-state index < -0.39 is 15.6 Å². The summed E-state index contributed by atoms with van der Waals surface area (Å²) in [5.41, 5.74) is -4.29. The number of nitrogens with zero attached hydrogens (tertiary/aromatic N) is 3. The molecule has 1 rings (SSSR count). The molecule has 1 aromatic carbocycles. The van der Waals surface area contributed by atoms with Gasteiger partial charge in [0.15, 0.2) is 10.1 Å². The van der Waals surface area contributed by atoms with Gasteiger partial charge in [-0.3, -0.25) is 14.4 Å². The summed E-state index contributed by atoms with van der Waals surface area (Å²) in [6.45, 7) is 10.7. The summed E-state index contributed by atoms with van der Waals surface area (Å²) < 4.78 is 61.1. The van der Waals surface area contributed by atoms with Gasteiger partial charge in [0.2, 0.25) is 0 Å².